The van der Waals surface area contributed by atoms with Crippen molar-refractivity contribution >= 4 is 11.6 Å². The fourth-order valence-corrected chi connectivity index (χ4v) is 3.74. The highest BCUT2D eigenvalue weighted by Crippen LogP contribution is 2.50. The fourth-order valence-electron chi connectivity index (χ4n) is 3.74. The summed E-state index contributed by atoms with van der Waals surface area (Å²) in [6.45, 7) is 4.18. The number of amides is 1. The van der Waals surface area contributed by atoms with Gasteiger partial charge in [0.15, 0.2) is 6.17 Å². The van der Waals surface area contributed by atoms with Gasteiger partial charge in [0, 0.05) is 17.6 Å². The fraction of sp³-hybridized carbons (Fsp3) is 0.588. The number of para-hydroxylation sites is 1. The molecule has 3 heteroatoms. The molecule has 108 valence electrons. The first kappa shape index (κ1) is 13.6. The van der Waals surface area contributed by atoms with Gasteiger partial charge in [-0.2, -0.15) is 0 Å². The Kier molecular flexibility index (Phi) is 3.31. The molecule has 0 bridgehead atoms. The molecular weight excluding hydrogens is 253 g/mol. The van der Waals surface area contributed by atoms with E-state index in [2.05, 4.69) is 6.07 Å². The number of halogens is 1. The van der Waals surface area contributed by atoms with Crippen molar-refractivity contribution in [3.8, 4) is 0 Å². The quantitative estimate of drug-likeness (QED) is 0.803. The predicted octanol–water partition coefficient (Wildman–Crippen LogP) is 3.84. The number of nitrogens with zero attached hydrogens (tertiary/aromatic N) is 1. The molecule has 20 heavy (non-hydrogen) atoms. The van der Waals surface area contributed by atoms with Crippen molar-refractivity contribution < 1.29 is 9.18 Å². The van der Waals surface area contributed by atoms with E-state index in [1.54, 1.807) is 18.7 Å². The zero-order valence-corrected chi connectivity index (χ0v) is 12.2. The van der Waals surface area contributed by atoms with Crippen molar-refractivity contribution in [3.63, 3.8) is 0 Å². The Morgan fingerprint density at radius 3 is 2.55 bits per heavy atom. The van der Waals surface area contributed by atoms with Crippen molar-refractivity contribution in [2.75, 3.05) is 11.4 Å². The third-order valence-electron chi connectivity index (χ3n) is 4.87. The molecule has 1 aromatic carbocycles. The third kappa shape index (κ3) is 1.95. The Morgan fingerprint density at radius 1 is 1.25 bits per heavy atom. The Morgan fingerprint density at radius 2 is 1.90 bits per heavy atom. The average molecular weight is 275 g/mol. The summed E-state index contributed by atoms with van der Waals surface area (Å²) in [7, 11) is 0. The SMILES string of the molecule is CC(C)C(F)C(=O)N1CC2(CCCC2)c2ccccc21. The highest BCUT2D eigenvalue weighted by molar-refractivity contribution is 5.99. The standard InChI is InChI=1S/C17H22FNO/c1-12(2)15(18)16(20)19-11-17(9-5-6-10-17)13-7-3-4-8-14(13)19/h3-4,7-8,12,15H,5-6,9-11H2,1-2H3. The number of anilines is 1. The number of benzene rings is 1. The van der Waals surface area contributed by atoms with Crippen LogP contribution in [-0.2, 0) is 10.2 Å². The molecule has 2 nitrogen and oxygen atoms in total. The maximum Gasteiger partial charge on any atom is 0.261 e. The van der Waals surface area contributed by atoms with Crippen molar-refractivity contribution in [2.45, 2.75) is 51.1 Å². The molecule has 1 aromatic rings. The predicted molar refractivity (Wildman–Crippen MR) is 78.7 cm³/mol. The van der Waals surface area contributed by atoms with Gasteiger partial charge in [0.2, 0.25) is 0 Å². The summed E-state index contributed by atoms with van der Waals surface area (Å²) in [5.74, 6) is -0.633. The van der Waals surface area contributed by atoms with Crippen LogP contribution in [-0.4, -0.2) is 18.6 Å². The molecule has 0 radical (unpaired) electrons. The van der Waals surface area contributed by atoms with E-state index in [9.17, 15) is 9.18 Å². The summed E-state index contributed by atoms with van der Waals surface area (Å²) >= 11 is 0. The molecule has 1 aliphatic heterocycles. The van der Waals surface area contributed by atoms with E-state index in [1.807, 2.05) is 18.2 Å². The first-order valence-electron chi connectivity index (χ1n) is 7.60. The topological polar surface area (TPSA) is 20.3 Å². The Balaban J connectivity index is 1.97. The average Bonchev–Trinajstić information content (AvgIpc) is 3.05. The van der Waals surface area contributed by atoms with Crippen LogP contribution in [0.3, 0.4) is 0 Å². The van der Waals surface area contributed by atoms with Crippen molar-refractivity contribution in [1.82, 2.24) is 0 Å². The van der Waals surface area contributed by atoms with Gasteiger partial charge in [-0.3, -0.25) is 4.79 Å². The lowest BCUT2D eigenvalue weighted by Crippen LogP contribution is -2.41. The molecule has 0 aromatic heterocycles. The molecule has 1 saturated carbocycles. The molecule has 1 fully saturated rings. The number of carbonyl (C=O) groups is 1. The number of hydrogen-bond donors (Lipinski definition) is 0. The van der Waals surface area contributed by atoms with Crippen molar-refractivity contribution in [1.29, 1.82) is 0 Å². The minimum Gasteiger partial charge on any atom is -0.309 e. The summed E-state index contributed by atoms with van der Waals surface area (Å²) in [5, 5.41) is 0. The van der Waals surface area contributed by atoms with Gasteiger partial charge in [-0.25, -0.2) is 4.39 Å². The van der Waals surface area contributed by atoms with Crippen LogP contribution in [0.1, 0.15) is 45.1 Å². The maximum absolute atomic E-state index is 14.1. The summed E-state index contributed by atoms with van der Waals surface area (Å²) < 4.78 is 14.1. The second-order valence-corrected chi connectivity index (χ2v) is 6.57. The number of alkyl halides is 1. The van der Waals surface area contributed by atoms with Gasteiger partial charge in [-0.1, -0.05) is 44.9 Å². The van der Waals surface area contributed by atoms with Gasteiger partial charge in [0.05, 0.1) is 0 Å². The molecular formula is C17H22FNO. The van der Waals surface area contributed by atoms with Crippen LogP contribution in [0.25, 0.3) is 0 Å². The Bertz CT molecular complexity index is 519. The summed E-state index contributed by atoms with van der Waals surface area (Å²) in [6.07, 6.45) is 3.25. The van der Waals surface area contributed by atoms with Crippen LogP contribution in [0.5, 0.6) is 0 Å². The van der Waals surface area contributed by atoms with Gasteiger partial charge in [-0.05, 0) is 30.4 Å². The third-order valence-corrected chi connectivity index (χ3v) is 4.87. The van der Waals surface area contributed by atoms with Crippen LogP contribution in [0.2, 0.25) is 0 Å². The molecule has 0 saturated heterocycles. The smallest absolute Gasteiger partial charge is 0.261 e. The number of carbonyl (C=O) groups excluding carboxylic acids is 1. The van der Waals surface area contributed by atoms with Gasteiger partial charge in [0.25, 0.3) is 5.91 Å². The Hall–Kier alpha value is -1.38. The number of hydrogen-bond acceptors (Lipinski definition) is 1. The van der Waals surface area contributed by atoms with Crippen LogP contribution < -0.4 is 4.90 Å². The minimum absolute atomic E-state index is 0.0863. The van der Waals surface area contributed by atoms with E-state index in [4.69, 9.17) is 0 Å². The van der Waals surface area contributed by atoms with Crippen LogP contribution in [0, 0.1) is 5.92 Å². The van der Waals surface area contributed by atoms with Gasteiger partial charge < -0.3 is 4.90 Å². The maximum atomic E-state index is 14.1. The molecule has 2 aliphatic rings. The molecule has 1 unspecified atom stereocenters. The molecule has 1 amide bonds. The van der Waals surface area contributed by atoms with E-state index in [0.717, 1.165) is 18.5 Å². The lowest BCUT2D eigenvalue weighted by atomic mass is 9.81. The minimum atomic E-state index is -1.40. The first-order valence-corrected chi connectivity index (χ1v) is 7.60. The highest BCUT2D eigenvalue weighted by atomic mass is 19.1. The van der Waals surface area contributed by atoms with Crippen LogP contribution in [0.15, 0.2) is 24.3 Å². The van der Waals surface area contributed by atoms with E-state index in [-0.39, 0.29) is 17.2 Å². The lowest BCUT2D eigenvalue weighted by Gasteiger charge is -2.26. The van der Waals surface area contributed by atoms with E-state index in [0.29, 0.717) is 6.54 Å². The zero-order chi connectivity index (χ0) is 14.3. The summed E-state index contributed by atoms with van der Waals surface area (Å²) in [5.41, 5.74) is 2.27. The molecule has 3 rings (SSSR count). The zero-order valence-electron chi connectivity index (χ0n) is 12.2. The molecule has 0 N–H and O–H groups in total. The molecule has 1 heterocycles. The summed E-state index contributed by atoms with van der Waals surface area (Å²) in [6, 6.07) is 8.06. The number of fused-ring (bicyclic) bond motifs is 2. The summed E-state index contributed by atoms with van der Waals surface area (Å²) in [4.78, 5) is 14.1. The van der Waals surface area contributed by atoms with E-state index in [1.165, 1.54) is 18.4 Å². The Labute approximate surface area is 120 Å². The van der Waals surface area contributed by atoms with Gasteiger partial charge in [0.1, 0.15) is 0 Å². The van der Waals surface area contributed by atoms with Crippen LogP contribution >= 0.6 is 0 Å². The van der Waals surface area contributed by atoms with E-state index >= 15 is 0 Å². The molecule has 1 atom stereocenters. The second kappa shape index (κ2) is 4.87. The molecule has 1 aliphatic carbocycles. The lowest BCUT2D eigenvalue weighted by molar-refractivity contribution is -0.124. The highest BCUT2D eigenvalue weighted by Gasteiger charge is 2.47. The second-order valence-electron chi connectivity index (χ2n) is 6.57. The van der Waals surface area contributed by atoms with Crippen LogP contribution in [0.4, 0.5) is 10.1 Å². The largest absolute Gasteiger partial charge is 0.309 e. The van der Waals surface area contributed by atoms with Gasteiger partial charge in [-0.15, -0.1) is 0 Å². The normalized spacial score (nSPS) is 21.5. The van der Waals surface area contributed by atoms with Crippen molar-refractivity contribution in [2.24, 2.45) is 5.92 Å². The van der Waals surface area contributed by atoms with Gasteiger partial charge >= 0.3 is 0 Å². The first-order chi connectivity index (χ1) is 9.55. The monoisotopic (exact) mass is 275 g/mol. The number of rotatable bonds is 2. The molecule has 1 spiro atoms. The van der Waals surface area contributed by atoms with E-state index < -0.39 is 6.17 Å². The van der Waals surface area contributed by atoms with Crippen molar-refractivity contribution in [3.05, 3.63) is 29.8 Å².